The molecule has 4 atom stereocenters. The lowest BCUT2D eigenvalue weighted by atomic mass is 9.90. The normalized spacial score (nSPS) is 12.3. The molecule has 0 aliphatic heterocycles. The average Bonchev–Trinajstić information content (AvgIpc) is 4.10. The van der Waals surface area contributed by atoms with Gasteiger partial charge in [-0.15, -0.1) is 0 Å². The SMILES string of the molecule is CCCCC[C@@H](C(=O)NCNC(=O)c1ccc(-c2cc(O)c(C(=O)O)c(OCC)c2)o1)[C@@H](CC)N(O)C=O.CCCCC[C@@H](C(=O)NCNC(=O)c1ccc(-c2ccc(C(=O)O)c(C(=O)O)c2)o1)[C@@H](CC)N(O)C=O. The van der Waals surface area contributed by atoms with Gasteiger partial charge >= 0.3 is 17.9 Å². The number of carbonyl (C=O) groups is 9. The van der Waals surface area contributed by atoms with Crippen LogP contribution in [0.5, 0.6) is 11.5 Å². The van der Waals surface area contributed by atoms with Crippen LogP contribution in [0.4, 0.5) is 0 Å². The van der Waals surface area contributed by atoms with Crippen LogP contribution in [0.3, 0.4) is 0 Å². The van der Waals surface area contributed by atoms with Crippen molar-refractivity contribution in [2.45, 2.75) is 111 Å². The van der Waals surface area contributed by atoms with Gasteiger partial charge in [-0.1, -0.05) is 72.3 Å². The highest BCUT2D eigenvalue weighted by atomic mass is 16.5. The van der Waals surface area contributed by atoms with Crippen LogP contribution in [0.25, 0.3) is 22.6 Å². The minimum absolute atomic E-state index is 0.0463. The maximum Gasteiger partial charge on any atom is 0.343 e. The summed E-state index contributed by atoms with van der Waals surface area (Å²) in [5.74, 6) is -8.03. The zero-order valence-corrected chi connectivity index (χ0v) is 42.3. The number of rotatable bonds is 31. The Kier molecular flexibility index (Phi) is 25.0. The number of hydroxylamine groups is 4. The number of carboxylic acid groups (broad SMARTS) is 3. The summed E-state index contributed by atoms with van der Waals surface area (Å²) in [5.41, 5.74) is -0.629. The van der Waals surface area contributed by atoms with Gasteiger partial charge in [-0.3, -0.25) is 39.2 Å². The number of unbranched alkanes of at least 4 members (excludes halogenated alkanes) is 4. The van der Waals surface area contributed by atoms with Crippen LogP contribution in [-0.4, -0.2) is 127 Å². The molecule has 0 aliphatic carbocycles. The highest BCUT2D eigenvalue weighted by molar-refractivity contribution is 6.03. The molecule has 2 aromatic carbocycles. The predicted octanol–water partition coefficient (Wildman–Crippen LogP) is 6.34. The molecule has 2 heterocycles. The van der Waals surface area contributed by atoms with Crippen LogP contribution in [0.2, 0.25) is 0 Å². The Balaban J connectivity index is 0.000000395. The number of nitrogens with zero attached hydrogens (tertiary/aromatic N) is 2. The summed E-state index contributed by atoms with van der Waals surface area (Å²) in [6, 6.07) is 10.5. The molecule has 4 rings (SSSR count). The van der Waals surface area contributed by atoms with Crippen molar-refractivity contribution in [1.29, 1.82) is 0 Å². The average molecular weight is 1050 g/mol. The van der Waals surface area contributed by atoms with Crippen molar-refractivity contribution in [2.24, 2.45) is 11.8 Å². The molecule has 6 amide bonds. The van der Waals surface area contributed by atoms with E-state index in [0.29, 0.717) is 41.4 Å². The first-order valence-electron chi connectivity index (χ1n) is 24.3. The fourth-order valence-corrected chi connectivity index (χ4v) is 8.07. The number of aromatic carboxylic acids is 3. The maximum absolute atomic E-state index is 12.8. The Morgan fingerprint density at radius 3 is 1.45 bits per heavy atom. The molecule has 0 radical (unpaired) electrons. The predicted molar refractivity (Wildman–Crippen MR) is 266 cm³/mol. The first-order chi connectivity index (χ1) is 35.8. The minimum atomic E-state index is -1.42. The standard InChI is InChI=1S/C26H35N3O9.C25H31N3O9/c1-4-7-8-9-17(18(5-2)29(36)15-30)24(32)27-14-28-25(33)21-11-10-20(38-21)16-12-19(31)23(26(34)35)22(13-16)37-6-3;1-3-5-6-7-17(19(4-2)28(36)14-29)22(30)26-13-27-23(31)21-11-10-20(37-21)15-8-9-16(24(32)33)18(12-15)25(34)35/h10-13,15,17-18,31,36H,4-9,14H2,1-3H3,(H,27,32)(H,28,33)(H,34,35);8-12,14,17,19,36H,3-7,13H2,1-2H3,(H,26,30)(H,27,31)(H,32,33)(H,34,35)/t17-,18-;17-,19-/m11/s1. The van der Waals surface area contributed by atoms with Gasteiger partial charge in [0.05, 0.1) is 55.0 Å². The Morgan fingerprint density at radius 1 is 0.587 bits per heavy atom. The highest BCUT2D eigenvalue weighted by Crippen LogP contribution is 2.35. The van der Waals surface area contributed by atoms with E-state index in [4.69, 9.17) is 18.7 Å². The molecular formula is C51H66N6O18. The Hall–Kier alpha value is -8.25. The summed E-state index contributed by atoms with van der Waals surface area (Å²) in [6.07, 6.45) is 7.33. The Morgan fingerprint density at radius 2 is 1.05 bits per heavy atom. The van der Waals surface area contributed by atoms with Crippen molar-refractivity contribution in [2.75, 3.05) is 19.9 Å². The number of hydrogen-bond donors (Lipinski definition) is 10. The summed E-state index contributed by atoms with van der Waals surface area (Å²) >= 11 is 0. The zero-order chi connectivity index (χ0) is 55.8. The van der Waals surface area contributed by atoms with Crippen molar-refractivity contribution in [3.63, 3.8) is 0 Å². The fraction of sp³-hybridized carbons (Fsp3) is 0.431. The van der Waals surface area contributed by atoms with Crippen molar-refractivity contribution in [1.82, 2.24) is 31.4 Å². The third-order valence-electron chi connectivity index (χ3n) is 11.9. The summed E-state index contributed by atoms with van der Waals surface area (Å²) < 4.78 is 16.4. The molecule has 2 aromatic heterocycles. The first kappa shape index (κ1) is 61.1. The molecule has 0 saturated carbocycles. The van der Waals surface area contributed by atoms with Crippen LogP contribution in [0.1, 0.15) is 151 Å². The molecule has 24 nitrogen and oxygen atoms in total. The lowest BCUT2D eigenvalue weighted by molar-refractivity contribution is -0.169. The smallest absolute Gasteiger partial charge is 0.343 e. The van der Waals surface area contributed by atoms with Gasteiger partial charge in [-0.2, -0.15) is 0 Å². The second-order valence-electron chi connectivity index (χ2n) is 16.9. The van der Waals surface area contributed by atoms with E-state index in [1.165, 1.54) is 42.5 Å². The van der Waals surface area contributed by atoms with Gasteiger partial charge in [-0.25, -0.2) is 24.5 Å². The van der Waals surface area contributed by atoms with Gasteiger partial charge in [0.1, 0.15) is 28.6 Å². The van der Waals surface area contributed by atoms with E-state index < -0.39 is 76.8 Å². The van der Waals surface area contributed by atoms with Gasteiger partial charge in [0.2, 0.25) is 24.6 Å². The summed E-state index contributed by atoms with van der Waals surface area (Å²) in [7, 11) is 0. The molecule has 0 fully saturated rings. The zero-order valence-electron chi connectivity index (χ0n) is 42.3. The van der Waals surface area contributed by atoms with Crippen LogP contribution in [-0.2, 0) is 19.2 Å². The molecule has 0 bridgehead atoms. The van der Waals surface area contributed by atoms with Crippen LogP contribution in [0.15, 0.2) is 63.4 Å². The quantitative estimate of drug-likeness (QED) is 0.00863. The molecule has 408 valence electrons. The van der Waals surface area contributed by atoms with Crippen molar-refractivity contribution < 1.29 is 87.6 Å². The Labute approximate surface area is 431 Å². The van der Waals surface area contributed by atoms with Crippen molar-refractivity contribution in [3.05, 3.63) is 82.8 Å². The lowest BCUT2D eigenvalue weighted by Gasteiger charge is -2.29. The molecule has 10 N–H and O–H groups in total. The van der Waals surface area contributed by atoms with Crippen LogP contribution < -0.4 is 26.0 Å². The number of furan rings is 2. The number of hydrogen-bond acceptors (Lipinski definition) is 15. The highest BCUT2D eigenvalue weighted by Gasteiger charge is 2.32. The topological polar surface area (TPSA) is 365 Å². The number of carboxylic acids is 3. The first-order valence-corrected chi connectivity index (χ1v) is 24.3. The number of aromatic hydroxyl groups is 1. The molecule has 0 unspecified atom stereocenters. The number of nitrogens with one attached hydrogen (secondary N) is 4. The van der Waals surface area contributed by atoms with E-state index in [1.807, 2.05) is 13.8 Å². The molecule has 24 heteroatoms. The molecular weight excluding hydrogens is 985 g/mol. The van der Waals surface area contributed by atoms with E-state index in [2.05, 4.69) is 21.3 Å². The number of amides is 6. The number of ether oxygens (including phenoxy) is 1. The monoisotopic (exact) mass is 1050 g/mol. The van der Waals surface area contributed by atoms with E-state index in [1.54, 1.807) is 20.8 Å². The number of carbonyl (C=O) groups excluding carboxylic acids is 6. The third-order valence-corrected chi connectivity index (χ3v) is 11.9. The molecule has 0 aliphatic rings. The number of phenols is 1. The summed E-state index contributed by atoms with van der Waals surface area (Å²) in [6.45, 7) is 8.94. The number of benzene rings is 2. The van der Waals surface area contributed by atoms with E-state index >= 15 is 0 Å². The Bertz CT molecular complexity index is 2590. The van der Waals surface area contributed by atoms with Crippen molar-refractivity contribution in [3.8, 4) is 34.1 Å². The van der Waals surface area contributed by atoms with Crippen LogP contribution in [0, 0.1) is 11.8 Å². The maximum atomic E-state index is 12.8. The third kappa shape index (κ3) is 17.4. The summed E-state index contributed by atoms with van der Waals surface area (Å²) in [5, 5.41) is 69.0. The fourth-order valence-electron chi connectivity index (χ4n) is 8.07. The lowest BCUT2D eigenvalue weighted by Crippen LogP contribution is -2.47. The second kappa shape index (κ2) is 30.7. The minimum Gasteiger partial charge on any atom is -0.507 e. The molecule has 0 spiro atoms. The van der Waals surface area contributed by atoms with Gasteiger partial charge in [0.25, 0.3) is 11.8 Å². The van der Waals surface area contributed by atoms with E-state index in [9.17, 15) is 68.9 Å². The van der Waals surface area contributed by atoms with Gasteiger partial charge < -0.3 is 55.3 Å². The van der Waals surface area contributed by atoms with Crippen molar-refractivity contribution >= 4 is 54.4 Å². The van der Waals surface area contributed by atoms with Crippen LogP contribution >= 0.6 is 0 Å². The molecule has 75 heavy (non-hydrogen) atoms. The molecule has 4 aromatic rings. The van der Waals surface area contributed by atoms with Gasteiger partial charge in [0.15, 0.2) is 11.5 Å². The van der Waals surface area contributed by atoms with Gasteiger partial charge in [-0.05, 0) is 81.1 Å². The summed E-state index contributed by atoms with van der Waals surface area (Å²) in [4.78, 5) is 107. The second-order valence-corrected chi connectivity index (χ2v) is 16.9. The largest absolute Gasteiger partial charge is 0.507 e. The van der Waals surface area contributed by atoms with E-state index in [-0.39, 0.29) is 78.2 Å². The van der Waals surface area contributed by atoms with Gasteiger partial charge in [0, 0.05) is 11.1 Å². The van der Waals surface area contributed by atoms with E-state index in [0.717, 1.165) is 50.7 Å². The molecule has 0 saturated heterocycles.